The van der Waals surface area contributed by atoms with Crippen molar-refractivity contribution in [2.75, 3.05) is 5.32 Å². The quantitative estimate of drug-likeness (QED) is 0.882. The van der Waals surface area contributed by atoms with E-state index < -0.39 is 0 Å². The Hall–Kier alpha value is -1.42. The molecule has 1 aromatic heterocycles. The molecule has 1 aromatic carbocycles. The average Bonchev–Trinajstić information content (AvgIpc) is 2.63. The summed E-state index contributed by atoms with van der Waals surface area (Å²) in [4.78, 5) is 5.37. The van der Waals surface area contributed by atoms with Crippen LogP contribution in [-0.4, -0.2) is 4.98 Å². The van der Waals surface area contributed by atoms with Gasteiger partial charge in [-0.2, -0.15) is 0 Å². The predicted molar refractivity (Wildman–Crippen MR) is 65.3 cm³/mol. The number of thiazole rings is 1. The second-order valence-corrected chi connectivity index (χ2v) is 4.98. The normalized spacial score (nSPS) is 10.4. The highest BCUT2D eigenvalue weighted by molar-refractivity contribution is 7.11. The molecule has 84 valence electrons. The van der Waals surface area contributed by atoms with E-state index in [9.17, 15) is 4.39 Å². The van der Waals surface area contributed by atoms with Crippen molar-refractivity contribution in [2.45, 2.75) is 20.4 Å². The first-order valence-corrected chi connectivity index (χ1v) is 5.88. The first-order chi connectivity index (χ1) is 7.65. The Morgan fingerprint density at radius 1 is 1.38 bits per heavy atom. The average molecular weight is 236 g/mol. The Morgan fingerprint density at radius 2 is 2.19 bits per heavy atom. The third-order valence-electron chi connectivity index (χ3n) is 2.31. The van der Waals surface area contributed by atoms with Crippen molar-refractivity contribution < 1.29 is 4.39 Å². The van der Waals surface area contributed by atoms with Crippen molar-refractivity contribution in [3.63, 3.8) is 0 Å². The maximum Gasteiger partial charge on any atom is 0.123 e. The van der Waals surface area contributed by atoms with Gasteiger partial charge in [0.15, 0.2) is 0 Å². The van der Waals surface area contributed by atoms with Gasteiger partial charge < -0.3 is 5.32 Å². The van der Waals surface area contributed by atoms with Crippen molar-refractivity contribution in [3.05, 3.63) is 45.7 Å². The van der Waals surface area contributed by atoms with Gasteiger partial charge in [-0.3, -0.25) is 0 Å². The van der Waals surface area contributed by atoms with E-state index >= 15 is 0 Å². The van der Waals surface area contributed by atoms with E-state index in [0.717, 1.165) is 22.8 Å². The number of benzene rings is 1. The minimum Gasteiger partial charge on any atom is -0.380 e. The fourth-order valence-electron chi connectivity index (χ4n) is 1.49. The van der Waals surface area contributed by atoms with E-state index in [-0.39, 0.29) is 5.82 Å². The van der Waals surface area contributed by atoms with E-state index in [1.807, 2.05) is 20.0 Å². The molecule has 0 atom stereocenters. The van der Waals surface area contributed by atoms with Gasteiger partial charge in [0.1, 0.15) is 5.82 Å². The lowest BCUT2D eigenvalue weighted by atomic mass is 10.2. The van der Waals surface area contributed by atoms with Crippen LogP contribution in [0.3, 0.4) is 0 Å². The molecule has 1 N–H and O–H groups in total. The lowest BCUT2D eigenvalue weighted by molar-refractivity contribution is 0.627. The minimum absolute atomic E-state index is 0.198. The summed E-state index contributed by atoms with van der Waals surface area (Å²) < 4.78 is 12.9. The lowest BCUT2D eigenvalue weighted by Crippen LogP contribution is -1.99. The van der Waals surface area contributed by atoms with Gasteiger partial charge in [-0.1, -0.05) is 0 Å². The molecule has 0 aliphatic heterocycles. The molecule has 2 nitrogen and oxygen atoms in total. The number of aryl methyl sites for hydroxylation is 2. The Bertz CT molecular complexity index is 494. The molecule has 0 aliphatic carbocycles. The predicted octanol–water partition coefficient (Wildman–Crippen LogP) is 3.51. The molecule has 4 heteroatoms. The Balaban J connectivity index is 2.04. The molecular formula is C12H13FN2S. The number of nitrogens with zero attached hydrogens (tertiary/aromatic N) is 1. The molecule has 0 fully saturated rings. The van der Waals surface area contributed by atoms with E-state index in [4.69, 9.17) is 0 Å². The number of aromatic nitrogens is 1. The standard InChI is InChI=1S/C12H13FN2S/c1-8-5-10(13)3-4-12(8)15-7-11-6-14-9(2)16-11/h3-6,15H,7H2,1-2H3. The largest absolute Gasteiger partial charge is 0.380 e. The van der Waals surface area contributed by atoms with Crippen LogP contribution < -0.4 is 5.32 Å². The number of anilines is 1. The fourth-order valence-corrected chi connectivity index (χ4v) is 2.23. The van der Waals surface area contributed by atoms with Crippen molar-refractivity contribution in [1.82, 2.24) is 4.98 Å². The van der Waals surface area contributed by atoms with Gasteiger partial charge in [-0.15, -0.1) is 11.3 Å². The summed E-state index contributed by atoms with van der Waals surface area (Å²) in [5.41, 5.74) is 1.88. The maximum atomic E-state index is 12.9. The van der Waals surface area contributed by atoms with Crippen LogP contribution in [0.25, 0.3) is 0 Å². The minimum atomic E-state index is -0.198. The molecular weight excluding hydrogens is 223 g/mol. The second kappa shape index (κ2) is 4.61. The monoisotopic (exact) mass is 236 g/mol. The van der Waals surface area contributed by atoms with Crippen LogP contribution in [0.1, 0.15) is 15.4 Å². The van der Waals surface area contributed by atoms with Crippen LogP contribution in [0.4, 0.5) is 10.1 Å². The van der Waals surface area contributed by atoms with E-state index in [1.54, 1.807) is 17.4 Å². The Morgan fingerprint density at radius 3 is 2.81 bits per heavy atom. The molecule has 0 amide bonds. The van der Waals surface area contributed by atoms with E-state index in [1.165, 1.54) is 17.0 Å². The molecule has 0 bridgehead atoms. The fraction of sp³-hybridized carbons (Fsp3) is 0.250. The topological polar surface area (TPSA) is 24.9 Å². The Kier molecular flexibility index (Phi) is 3.19. The zero-order valence-corrected chi connectivity index (χ0v) is 10.1. The van der Waals surface area contributed by atoms with Gasteiger partial charge in [0.2, 0.25) is 0 Å². The van der Waals surface area contributed by atoms with E-state index in [0.29, 0.717) is 0 Å². The van der Waals surface area contributed by atoms with Crippen LogP contribution in [0.15, 0.2) is 24.4 Å². The van der Waals surface area contributed by atoms with Crippen molar-refractivity contribution in [2.24, 2.45) is 0 Å². The van der Waals surface area contributed by atoms with E-state index in [2.05, 4.69) is 10.3 Å². The maximum absolute atomic E-state index is 12.9. The Labute approximate surface area is 98.2 Å². The first kappa shape index (κ1) is 11.1. The zero-order chi connectivity index (χ0) is 11.5. The first-order valence-electron chi connectivity index (χ1n) is 5.06. The van der Waals surface area contributed by atoms with Crippen LogP contribution in [0.2, 0.25) is 0 Å². The summed E-state index contributed by atoms with van der Waals surface area (Å²) >= 11 is 1.67. The van der Waals surface area contributed by atoms with Gasteiger partial charge in [0.25, 0.3) is 0 Å². The highest BCUT2D eigenvalue weighted by Crippen LogP contribution is 2.18. The number of nitrogens with one attached hydrogen (secondary N) is 1. The van der Waals surface area contributed by atoms with Crippen LogP contribution in [0.5, 0.6) is 0 Å². The summed E-state index contributed by atoms with van der Waals surface area (Å²) in [5.74, 6) is -0.198. The zero-order valence-electron chi connectivity index (χ0n) is 9.25. The molecule has 0 unspecified atom stereocenters. The third kappa shape index (κ3) is 2.58. The molecule has 0 aliphatic rings. The lowest BCUT2D eigenvalue weighted by Gasteiger charge is -2.07. The van der Waals surface area contributed by atoms with Gasteiger partial charge in [-0.05, 0) is 37.6 Å². The molecule has 2 rings (SSSR count). The molecule has 0 saturated heterocycles. The highest BCUT2D eigenvalue weighted by atomic mass is 32.1. The van der Waals surface area contributed by atoms with Gasteiger partial charge in [-0.25, -0.2) is 9.37 Å². The number of rotatable bonds is 3. The molecule has 0 saturated carbocycles. The van der Waals surface area contributed by atoms with Crippen molar-refractivity contribution in [3.8, 4) is 0 Å². The van der Waals surface area contributed by atoms with Crippen molar-refractivity contribution >= 4 is 17.0 Å². The number of hydrogen-bond donors (Lipinski definition) is 1. The third-order valence-corrected chi connectivity index (χ3v) is 3.22. The highest BCUT2D eigenvalue weighted by Gasteiger charge is 2.01. The summed E-state index contributed by atoms with van der Waals surface area (Å²) in [6.07, 6.45) is 1.87. The summed E-state index contributed by atoms with van der Waals surface area (Å²) in [7, 11) is 0. The second-order valence-electron chi connectivity index (χ2n) is 3.66. The molecule has 0 spiro atoms. The SMILES string of the molecule is Cc1ncc(CNc2ccc(F)cc2C)s1. The summed E-state index contributed by atoms with van der Waals surface area (Å²) in [6, 6.07) is 4.76. The number of hydrogen-bond acceptors (Lipinski definition) is 3. The van der Waals surface area contributed by atoms with Crippen molar-refractivity contribution in [1.29, 1.82) is 0 Å². The van der Waals surface area contributed by atoms with Crippen LogP contribution >= 0.6 is 11.3 Å². The number of halogens is 1. The van der Waals surface area contributed by atoms with Crippen LogP contribution in [0, 0.1) is 19.7 Å². The van der Waals surface area contributed by atoms with Gasteiger partial charge >= 0.3 is 0 Å². The molecule has 2 aromatic rings. The smallest absolute Gasteiger partial charge is 0.123 e. The summed E-state index contributed by atoms with van der Waals surface area (Å²) in [6.45, 7) is 4.61. The van der Waals surface area contributed by atoms with Gasteiger partial charge in [0, 0.05) is 16.8 Å². The summed E-state index contributed by atoms with van der Waals surface area (Å²) in [5, 5.41) is 4.34. The molecule has 1 heterocycles. The molecule has 16 heavy (non-hydrogen) atoms. The molecule has 0 radical (unpaired) electrons. The van der Waals surface area contributed by atoms with Gasteiger partial charge in [0.05, 0.1) is 11.6 Å². The van der Waals surface area contributed by atoms with Crippen LogP contribution in [-0.2, 0) is 6.54 Å².